The molecule has 0 fully saturated rings. The molecule has 0 radical (unpaired) electrons. The third kappa shape index (κ3) is 6.09. The fourth-order valence-electron chi connectivity index (χ4n) is 0.597. The summed E-state index contributed by atoms with van der Waals surface area (Å²) in [4.78, 5) is 0. The summed E-state index contributed by atoms with van der Waals surface area (Å²) in [5, 5.41) is 19.6. The van der Waals surface area contributed by atoms with E-state index in [1.165, 1.54) is 11.1 Å². The summed E-state index contributed by atoms with van der Waals surface area (Å²) in [5.74, 6) is 0. The molecular weight excluding hydrogens is 381 g/mol. The zero-order chi connectivity index (χ0) is 13.0. The molecule has 0 rings (SSSR count). The van der Waals surface area contributed by atoms with Crippen molar-refractivity contribution in [1.82, 2.24) is 0 Å². The molecule has 0 heterocycles. The van der Waals surface area contributed by atoms with Crippen molar-refractivity contribution in [2.75, 3.05) is 0 Å². The first-order valence-electron chi connectivity index (χ1n) is 4.54. The summed E-state index contributed by atoms with van der Waals surface area (Å²) in [6, 6.07) is 0. The van der Waals surface area contributed by atoms with Gasteiger partial charge >= 0.3 is 119 Å². The van der Waals surface area contributed by atoms with Gasteiger partial charge in [0.15, 0.2) is 0 Å². The van der Waals surface area contributed by atoms with E-state index in [1.54, 1.807) is 27.7 Å². The van der Waals surface area contributed by atoms with E-state index in [2.05, 4.69) is 0 Å². The van der Waals surface area contributed by atoms with Gasteiger partial charge in [-0.2, -0.15) is 0 Å². The predicted octanol–water partition coefficient (Wildman–Crippen LogP) is 2.01. The van der Waals surface area contributed by atoms with Crippen molar-refractivity contribution in [3.8, 4) is 0 Å². The zero-order valence-corrected chi connectivity index (χ0v) is 14.6. The van der Waals surface area contributed by atoms with Crippen LogP contribution in [0, 0.1) is 0 Å². The molecule has 0 aromatic heterocycles. The Morgan fingerprint density at radius 3 is 1.25 bits per heavy atom. The Kier molecular flexibility index (Phi) is 7.25. The second-order valence-electron chi connectivity index (χ2n) is 4.23. The van der Waals surface area contributed by atoms with E-state index >= 15 is 0 Å². The molecule has 2 nitrogen and oxygen atoms in total. The van der Waals surface area contributed by atoms with Gasteiger partial charge in [-0.15, -0.1) is 0 Å². The second kappa shape index (κ2) is 6.82. The third-order valence-electron chi connectivity index (χ3n) is 1.63. The van der Waals surface area contributed by atoms with E-state index in [4.69, 9.17) is 23.2 Å². The van der Waals surface area contributed by atoms with Crippen LogP contribution in [0.5, 0.6) is 0 Å². The number of hydrogen-bond donors (Lipinski definition) is 2. The molecule has 2 N–H and O–H groups in total. The van der Waals surface area contributed by atoms with Gasteiger partial charge in [-0.1, -0.05) is 0 Å². The van der Waals surface area contributed by atoms with Crippen LogP contribution in [-0.4, -0.2) is 47.7 Å². The van der Waals surface area contributed by atoms with E-state index < -0.39 is 11.2 Å². The number of rotatable bonds is 5. The molecule has 0 aliphatic rings. The number of hydrogen-bond acceptors (Lipinski definition) is 2. The van der Waals surface area contributed by atoms with Gasteiger partial charge < -0.3 is 0 Å². The van der Waals surface area contributed by atoms with Gasteiger partial charge in [-0.25, -0.2) is 0 Å². The molecule has 0 aromatic rings. The van der Waals surface area contributed by atoms with Gasteiger partial charge in [0, 0.05) is 0 Å². The summed E-state index contributed by atoms with van der Waals surface area (Å²) >= 11 is 11.4. The fraction of sp³-hybridized carbons (Fsp3) is 0.600. The van der Waals surface area contributed by atoms with Gasteiger partial charge in [-0.05, 0) is 0 Å². The average Bonchev–Trinajstić information content (AvgIpc) is 2.08. The molecule has 6 heteroatoms. The Labute approximate surface area is 118 Å². The fourth-order valence-corrected chi connectivity index (χ4v) is 11.7. The standard InChI is InChI=1S/C10H16Cl2O2Se2/c1-9(2,13)7(5-11)15-16-8(6-12)10(3,4)14/h5-6,13-14H,1-4H3/b7-5-,8-6-. The molecule has 0 atom stereocenters. The van der Waals surface area contributed by atoms with Gasteiger partial charge in [0.2, 0.25) is 0 Å². The summed E-state index contributed by atoms with van der Waals surface area (Å²) in [6.07, 6.45) is 0. The van der Waals surface area contributed by atoms with E-state index in [0.29, 0.717) is 0 Å². The number of aliphatic hydroxyl groups is 2. The molecule has 0 saturated carbocycles. The van der Waals surface area contributed by atoms with Crippen molar-refractivity contribution < 1.29 is 10.2 Å². The Bertz CT molecular complexity index is 258. The molecule has 0 aliphatic heterocycles. The molecule has 0 unspecified atom stereocenters. The van der Waals surface area contributed by atoms with Crippen LogP contribution in [0.4, 0.5) is 0 Å². The Morgan fingerprint density at radius 2 is 1.12 bits per heavy atom. The molecule has 0 amide bonds. The van der Waals surface area contributed by atoms with Crippen LogP contribution < -0.4 is 0 Å². The Hall–Kier alpha value is 1.02. The van der Waals surface area contributed by atoms with Crippen LogP contribution >= 0.6 is 23.2 Å². The summed E-state index contributed by atoms with van der Waals surface area (Å²) < 4.78 is 1.61. The predicted molar refractivity (Wildman–Crippen MR) is 72.0 cm³/mol. The molecular formula is C10H16Cl2O2Se2. The van der Waals surface area contributed by atoms with Crippen LogP contribution in [0.2, 0.25) is 0 Å². The average molecular weight is 397 g/mol. The minimum atomic E-state index is -0.902. The first kappa shape index (κ1) is 17.0. The first-order chi connectivity index (χ1) is 7.12. The Balaban J connectivity index is 4.57. The molecule has 0 spiro atoms. The first-order valence-corrected chi connectivity index (χ1v) is 11.5. The van der Waals surface area contributed by atoms with Gasteiger partial charge in [-0.3, -0.25) is 0 Å². The van der Waals surface area contributed by atoms with Crippen LogP contribution in [0.1, 0.15) is 27.7 Å². The monoisotopic (exact) mass is 398 g/mol. The third-order valence-corrected chi connectivity index (χ3v) is 11.0. The molecule has 16 heavy (non-hydrogen) atoms. The van der Waals surface area contributed by atoms with Crippen molar-refractivity contribution in [2.45, 2.75) is 38.9 Å². The van der Waals surface area contributed by atoms with Crippen molar-refractivity contribution in [1.29, 1.82) is 0 Å². The van der Waals surface area contributed by atoms with E-state index in [1.807, 2.05) is 0 Å². The molecule has 0 bridgehead atoms. The SMILES string of the molecule is CC(C)(O)/C(=C/Cl)[Se][Se]/C(=C\Cl)C(C)(C)O. The normalized spacial score (nSPS) is 15.5. The zero-order valence-electron chi connectivity index (χ0n) is 9.62. The quantitative estimate of drug-likeness (QED) is 0.698. The second-order valence-corrected chi connectivity index (χ2v) is 10.8. The van der Waals surface area contributed by atoms with Gasteiger partial charge in [0.25, 0.3) is 0 Å². The van der Waals surface area contributed by atoms with E-state index in [-0.39, 0.29) is 26.3 Å². The van der Waals surface area contributed by atoms with E-state index in [9.17, 15) is 10.2 Å². The van der Waals surface area contributed by atoms with Crippen LogP contribution in [0.3, 0.4) is 0 Å². The van der Waals surface area contributed by atoms with Gasteiger partial charge in [0.05, 0.1) is 0 Å². The van der Waals surface area contributed by atoms with Crippen molar-refractivity contribution in [3.63, 3.8) is 0 Å². The van der Waals surface area contributed by atoms with Crippen LogP contribution in [0.15, 0.2) is 20.0 Å². The maximum atomic E-state index is 9.82. The Morgan fingerprint density at radius 1 is 0.875 bits per heavy atom. The summed E-state index contributed by atoms with van der Waals surface area (Å²) in [5.41, 5.74) is 1.05. The van der Waals surface area contributed by atoms with E-state index in [0.717, 1.165) is 8.94 Å². The van der Waals surface area contributed by atoms with Crippen molar-refractivity contribution >= 4 is 49.5 Å². The molecule has 94 valence electrons. The van der Waals surface area contributed by atoms with Gasteiger partial charge in [0.1, 0.15) is 0 Å². The van der Waals surface area contributed by atoms with Crippen LogP contribution in [-0.2, 0) is 0 Å². The summed E-state index contributed by atoms with van der Waals surface area (Å²) in [7, 11) is 0. The van der Waals surface area contributed by atoms with Crippen LogP contribution in [0.25, 0.3) is 0 Å². The minimum absolute atomic E-state index is 0.0354. The topological polar surface area (TPSA) is 40.5 Å². The number of halogens is 2. The molecule has 0 aliphatic carbocycles. The van der Waals surface area contributed by atoms with Crippen molar-refractivity contribution in [2.24, 2.45) is 0 Å². The molecule has 0 saturated heterocycles. The molecule has 0 aromatic carbocycles. The van der Waals surface area contributed by atoms with Crippen molar-refractivity contribution in [3.05, 3.63) is 20.0 Å². The summed E-state index contributed by atoms with van der Waals surface area (Å²) in [6.45, 7) is 6.81. The maximum absolute atomic E-state index is 9.82.